The van der Waals surface area contributed by atoms with Gasteiger partial charge in [-0.25, -0.2) is 4.98 Å². The SMILES string of the molecule is Cc1nc(CCC(=O)N2CC[C@@H]3CNC[C@@H]3CC2)oc1-c1ccccc1.Cl.Cl. The van der Waals surface area contributed by atoms with Crippen molar-refractivity contribution in [1.29, 1.82) is 0 Å². The van der Waals surface area contributed by atoms with Crippen LogP contribution in [0.2, 0.25) is 0 Å². The molecule has 0 bridgehead atoms. The Labute approximate surface area is 179 Å². The predicted octanol–water partition coefficient (Wildman–Crippen LogP) is 3.88. The Kier molecular flexibility index (Phi) is 8.35. The average Bonchev–Trinajstić information content (AvgIpc) is 3.21. The van der Waals surface area contributed by atoms with Crippen molar-refractivity contribution in [3.8, 4) is 11.3 Å². The third-order valence-corrected chi connectivity index (χ3v) is 5.80. The molecule has 0 spiro atoms. The third-order valence-electron chi connectivity index (χ3n) is 5.80. The molecule has 2 aliphatic heterocycles. The van der Waals surface area contributed by atoms with Crippen LogP contribution >= 0.6 is 24.8 Å². The van der Waals surface area contributed by atoms with Crippen LogP contribution in [0.25, 0.3) is 11.3 Å². The maximum absolute atomic E-state index is 12.6. The van der Waals surface area contributed by atoms with E-state index in [1.165, 1.54) is 0 Å². The summed E-state index contributed by atoms with van der Waals surface area (Å²) in [6.45, 7) is 5.97. The topological polar surface area (TPSA) is 58.4 Å². The lowest BCUT2D eigenvalue weighted by Gasteiger charge is -2.20. The number of fused-ring (bicyclic) bond motifs is 1. The Morgan fingerprint density at radius 3 is 2.43 bits per heavy atom. The number of carbonyl (C=O) groups is 1. The quantitative estimate of drug-likeness (QED) is 0.806. The minimum absolute atomic E-state index is 0. The van der Waals surface area contributed by atoms with Crippen LogP contribution in [0.5, 0.6) is 0 Å². The summed E-state index contributed by atoms with van der Waals surface area (Å²) < 4.78 is 5.93. The summed E-state index contributed by atoms with van der Waals surface area (Å²) in [5.74, 6) is 3.19. The Morgan fingerprint density at radius 1 is 1.14 bits per heavy atom. The standard InChI is InChI=1S/C21H27N3O2.2ClH/c1-15-21(16-5-3-2-4-6-16)26-19(23-15)7-8-20(25)24-11-9-17-13-22-14-18(17)10-12-24;;/h2-6,17-18,22H,7-14H2,1H3;2*1H/t17-,18+;;. The summed E-state index contributed by atoms with van der Waals surface area (Å²) >= 11 is 0. The van der Waals surface area contributed by atoms with Gasteiger partial charge in [-0.05, 0) is 44.7 Å². The van der Waals surface area contributed by atoms with Crippen molar-refractivity contribution in [3.05, 3.63) is 41.9 Å². The third kappa shape index (κ3) is 5.07. The lowest BCUT2D eigenvalue weighted by molar-refractivity contribution is -0.131. The number of carbonyl (C=O) groups excluding carboxylic acids is 1. The van der Waals surface area contributed by atoms with Crippen LogP contribution in [0.3, 0.4) is 0 Å². The van der Waals surface area contributed by atoms with Crippen LogP contribution in [0.1, 0.15) is 30.8 Å². The van der Waals surface area contributed by atoms with E-state index >= 15 is 0 Å². The number of rotatable bonds is 4. The zero-order valence-electron chi connectivity index (χ0n) is 16.2. The number of hydrogen-bond acceptors (Lipinski definition) is 4. The second-order valence-corrected chi connectivity index (χ2v) is 7.52. The molecule has 0 unspecified atom stereocenters. The molecule has 3 heterocycles. The highest BCUT2D eigenvalue weighted by Gasteiger charge is 2.31. The second-order valence-electron chi connectivity index (χ2n) is 7.52. The minimum atomic E-state index is 0. The summed E-state index contributed by atoms with van der Waals surface area (Å²) in [5.41, 5.74) is 1.91. The van der Waals surface area contributed by atoms with Gasteiger partial charge in [0.2, 0.25) is 5.91 Å². The van der Waals surface area contributed by atoms with Crippen LogP contribution in [0, 0.1) is 18.8 Å². The van der Waals surface area contributed by atoms with E-state index in [4.69, 9.17) is 4.42 Å². The van der Waals surface area contributed by atoms with Crippen LogP contribution in [0.15, 0.2) is 34.7 Å². The summed E-state index contributed by atoms with van der Waals surface area (Å²) in [4.78, 5) is 19.2. The van der Waals surface area contributed by atoms with Crippen molar-refractivity contribution >= 4 is 30.7 Å². The summed E-state index contributed by atoms with van der Waals surface area (Å²) in [7, 11) is 0. The van der Waals surface area contributed by atoms with E-state index in [0.717, 1.165) is 67.9 Å². The molecule has 0 radical (unpaired) electrons. The van der Waals surface area contributed by atoms with Crippen LogP contribution in [-0.2, 0) is 11.2 Å². The fourth-order valence-corrected chi connectivity index (χ4v) is 4.26. The summed E-state index contributed by atoms with van der Waals surface area (Å²) in [5, 5.41) is 3.48. The molecule has 0 saturated carbocycles. The van der Waals surface area contributed by atoms with Gasteiger partial charge in [0.1, 0.15) is 0 Å². The number of hydrogen-bond donors (Lipinski definition) is 1. The highest BCUT2D eigenvalue weighted by atomic mass is 35.5. The number of halogens is 2. The van der Waals surface area contributed by atoms with Gasteiger partial charge in [0, 0.05) is 31.5 Å². The molecule has 2 aromatic rings. The Bertz CT molecular complexity index is 752. The van der Waals surface area contributed by atoms with Gasteiger partial charge >= 0.3 is 0 Å². The summed E-state index contributed by atoms with van der Waals surface area (Å²) in [6, 6.07) is 10.0. The first-order valence-electron chi connectivity index (χ1n) is 9.71. The normalized spacial score (nSPS) is 21.2. The van der Waals surface area contributed by atoms with E-state index in [1.54, 1.807) is 0 Å². The molecular formula is C21H29Cl2N3O2. The molecule has 28 heavy (non-hydrogen) atoms. The number of amides is 1. The molecule has 154 valence electrons. The van der Waals surface area contributed by atoms with E-state index < -0.39 is 0 Å². The van der Waals surface area contributed by atoms with Crippen molar-refractivity contribution in [2.45, 2.75) is 32.6 Å². The zero-order valence-corrected chi connectivity index (χ0v) is 17.9. The van der Waals surface area contributed by atoms with Crippen molar-refractivity contribution in [2.75, 3.05) is 26.2 Å². The number of benzene rings is 1. The molecule has 1 amide bonds. The maximum atomic E-state index is 12.6. The highest BCUT2D eigenvalue weighted by Crippen LogP contribution is 2.28. The molecule has 2 atom stereocenters. The zero-order chi connectivity index (χ0) is 17.9. The predicted molar refractivity (Wildman–Crippen MR) is 115 cm³/mol. The van der Waals surface area contributed by atoms with Gasteiger partial charge in [-0.2, -0.15) is 0 Å². The number of nitrogens with one attached hydrogen (secondary N) is 1. The van der Waals surface area contributed by atoms with Gasteiger partial charge < -0.3 is 14.6 Å². The van der Waals surface area contributed by atoms with Crippen molar-refractivity contribution in [1.82, 2.24) is 15.2 Å². The number of aromatic nitrogens is 1. The highest BCUT2D eigenvalue weighted by molar-refractivity contribution is 5.85. The summed E-state index contributed by atoms with van der Waals surface area (Å²) in [6.07, 6.45) is 3.29. The van der Waals surface area contributed by atoms with Crippen molar-refractivity contribution in [2.24, 2.45) is 11.8 Å². The monoisotopic (exact) mass is 425 g/mol. The molecule has 5 nitrogen and oxygen atoms in total. The molecule has 7 heteroatoms. The number of nitrogens with zero attached hydrogens (tertiary/aromatic N) is 2. The average molecular weight is 426 g/mol. The van der Waals surface area contributed by atoms with Gasteiger partial charge in [0.15, 0.2) is 11.7 Å². The number of likely N-dealkylation sites (tertiary alicyclic amines) is 1. The van der Waals surface area contributed by atoms with E-state index in [0.29, 0.717) is 18.7 Å². The Hall–Kier alpha value is -1.56. The minimum Gasteiger partial charge on any atom is -0.440 e. The van der Waals surface area contributed by atoms with Gasteiger partial charge in [-0.1, -0.05) is 30.3 Å². The van der Waals surface area contributed by atoms with Gasteiger partial charge in [-0.3, -0.25) is 4.79 Å². The maximum Gasteiger partial charge on any atom is 0.223 e. The first-order valence-corrected chi connectivity index (χ1v) is 9.71. The molecule has 2 fully saturated rings. The molecule has 1 aromatic carbocycles. The van der Waals surface area contributed by atoms with E-state index in [1.807, 2.05) is 42.2 Å². The molecule has 2 aliphatic rings. The number of oxazole rings is 1. The fourth-order valence-electron chi connectivity index (χ4n) is 4.26. The van der Waals surface area contributed by atoms with Gasteiger partial charge in [0.05, 0.1) is 5.69 Å². The largest absolute Gasteiger partial charge is 0.440 e. The van der Waals surface area contributed by atoms with E-state index in [2.05, 4.69) is 10.3 Å². The van der Waals surface area contributed by atoms with Crippen molar-refractivity contribution in [3.63, 3.8) is 0 Å². The molecule has 4 rings (SSSR count). The van der Waals surface area contributed by atoms with E-state index in [-0.39, 0.29) is 30.7 Å². The van der Waals surface area contributed by atoms with E-state index in [9.17, 15) is 4.79 Å². The van der Waals surface area contributed by atoms with Gasteiger partial charge in [0.25, 0.3) is 0 Å². The van der Waals surface area contributed by atoms with Crippen LogP contribution in [-0.4, -0.2) is 42.0 Å². The Balaban J connectivity index is 0.00000140. The number of aryl methyl sites for hydroxylation is 2. The molecular weight excluding hydrogens is 397 g/mol. The van der Waals surface area contributed by atoms with Crippen LogP contribution < -0.4 is 5.32 Å². The lowest BCUT2D eigenvalue weighted by atomic mass is 9.92. The Morgan fingerprint density at radius 2 is 1.79 bits per heavy atom. The van der Waals surface area contributed by atoms with Gasteiger partial charge in [-0.15, -0.1) is 24.8 Å². The fraction of sp³-hybridized carbons (Fsp3) is 0.524. The lowest BCUT2D eigenvalue weighted by Crippen LogP contribution is -2.32. The van der Waals surface area contributed by atoms with Crippen LogP contribution in [0.4, 0.5) is 0 Å². The molecule has 1 N–H and O–H groups in total. The molecule has 0 aliphatic carbocycles. The van der Waals surface area contributed by atoms with Crippen molar-refractivity contribution < 1.29 is 9.21 Å². The smallest absolute Gasteiger partial charge is 0.223 e. The first kappa shape index (κ1) is 22.7. The second kappa shape index (κ2) is 10.3. The molecule has 1 aromatic heterocycles. The molecule has 2 saturated heterocycles. The first-order chi connectivity index (χ1) is 12.7.